The van der Waals surface area contributed by atoms with Crippen LogP contribution in [-0.4, -0.2) is 5.11 Å². The number of phenols is 1. The van der Waals surface area contributed by atoms with Gasteiger partial charge >= 0.3 is 0 Å². The highest BCUT2D eigenvalue weighted by Gasteiger charge is 2.23. The molecular formula is C17H22O. The molecule has 0 aromatic heterocycles. The monoisotopic (exact) mass is 242 g/mol. The molecule has 0 aliphatic heterocycles. The lowest BCUT2D eigenvalue weighted by Crippen LogP contribution is -2.15. The number of phenolic OH excluding ortho intramolecular Hbond substituents is 1. The van der Waals surface area contributed by atoms with Crippen molar-refractivity contribution in [2.45, 2.75) is 46.0 Å². The second kappa shape index (κ2) is 4.31. The maximum Gasteiger partial charge on any atom is 0.123 e. The molecule has 0 saturated carbocycles. The van der Waals surface area contributed by atoms with E-state index >= 15 is 0 Å². The minimum absolute atomic E-state index is 0.0763. The predicted octanol–water partition coefficient (Wildman–Crippen LogP) is 4.97. The summed E-state index contributed by atoms with van der Waals surface area (Å²) in [5, 5.41) is 12.3. The van der Waals surface area contributed by atoms with Gasteiger partial charge in [-0.15, -0.1) is 0 Å². The van der Waals surface area contributed by atoms with Gasteiger partial charge in [-0.2, -0.15) is 0 Å². The van der Waals surface area contributed by atoms with Crippen LogP contribution in [0, 0.1) is 0 Å². The Kier molecular flexibility index (Phi) is 3.10. The van der Waals surface area contributed by atoms with Crippen molar-refractivity contribution in [1.82, 2.24) is 0 Å². The molecule has 18 heavy (non-hydrogen) atoms. The van der Waals surface area contributed by atoms with Gasteiger partial charge in [-0.1, -0.05) is 58.9 Å². The molecule has 0 atom stereocenters. The number of hydrogen-bond acceptors (Lipinski definition) is 1. The van der Waals surface area contributed by atoms with E-state index in [2.05, 4.69) is 40.7 Å². The van der Waals surface area contributed by atoms with Crippen LogP contribution in [-0.2, 0) is 5.41 Å². The molecule has 0 radical (unpaired) electrons. The van der Waals surface area contributed by atoms with Crippen LogP contribution in [0.3, 0.4) is 0 Å². The summed E-state index contributed by atoms with van der Waals surface area (Å²) in [6, 6.07) is 10.1. The lowest BCUT2D eigenvalue weighted by molar-refractivity contribution is 0.479. The molecule has 1 nitrogen and oxygen atoms in total. The molecule has 0 aliphatic carbocycles. The van der Waals surface area contributed by atoms with Crippen LogP contribution in [0.5, 0.6) is 5.75 Å². The first-order valence-corrected chi connectivity index (χ1v) is 6.57. The average Bonchev–Trinajstić information content (AvgIpc) is 2.27. The Hall–Kier alpha value is -1.50. The molecule has 0 heterocycles. The van der Waals surface area contributed by atoms with Crippen molar-refractivity contribution >= 4 is 10.8 Å². The fraction of sp³-hybridized carbons (Fsp3) is 0.412. The van der Waals surface area contributed by atoms with E-state index in [0.717, 1.165) is 5.39 Å². The first kappa shape index (κ1) is 12.9. The van der Waals surface area contributed by atoms with Crippen molar-refractivity contribution in [3.8, 4) is 5.75 Å². The quantitative estimate of drug-likeness (QED) is 0.748. The standard InChI is InChI=1S/C17H22O/c1-11(2)14-10-15(18)12-8-6-7-9-13(12)16(14)17(3,4)5/h6-11,18H,1-5H3. The molecule has 0 amide bonds. The summed E-state index contributed by atoms with van der Waals surface area (Å²) >= 11 is 0. The van der Waals surface area contributed by atoms with Crippen molar-refractivity contribution in [2.75, 3.05) is 0 Å². The minimum atomic E-state index is 0.0763. The Morgan fingerprint density at radius 3 is 2.06 bits per heavy atom. The van der Waals surface area contributed by atoms with E-state index in [1.807, 2.05) is 24.3 Å². The molecular weight excluding hydrogens is 220 g/mol. The van der Waals surface area contributed by atoms with Crippen LogP contribution in [0.2, 0.25) is 0 Å². The van der Waals surface area contributed by atoms with E-state index < -0.39 is 0 Å². The number of aromatic hydroxyl groups is 1. The smallest absolute Gasteiger partial charge is 0.123 e. The van der Waals surface area contributed by atoms with Crippen LogP contribution < -0.4 is 0 Å². The number of benzene rings is 2. The minimum Gasteiger partial charge on any atom is -0.507 e. The zero-order valence-electron chi connectivity index (χ0n) is 11.9. The molecule has 2 rings (SSSR count). The molecule has 1 heteroatoms. The third kappa shape index (κ3) is 2.10. The zero-order chi connectivity index (χ0) is 13.5. The third-order valence-electron chi connectivity index (χ3n) is 3.43. The molecule has 0 spiro atoms. The Morgan fingerprint density at radius 1 is 1.00 bits per heavy atom. The summed E-state index contributed by atoms with van der Waals surface area (Å²) in [7, 11) is 0. The van der Waals surface area contributed by atoms with Gasteiger partial charge < -0.3 is 5.11 Å². The summed E-state index contributed by atoms with van der Waals surface area (Å²) in [4.78, 5) is 0. The van der Waals surface area contributed by atoms with E-state index in [1.165, 1.54) is 16.5 Å². The van der Waals surface area contributed by atoms with Gasteiger partial charge in [0.1, 0.15) is 5.75 Å². The van der Waals surface area contributed by atoms with E-state index in [4.69, 9.17) is 0 Å². The summed E-state index contributed by atoms with van der Waals surface area (Å²) in [5.74, 6) is 0.803. The summed E-state index contributed by atoms with van der Waals surface area (Å²) in [6.45, 7) is 11.1. The second-order valence-corrected chi connectivity index (χ2v) is 6.31. The molecule has 2 aromatic rings. The maximum atomic E-state index is 10.2. The molecule has 2 aromatic carbocycles. The van der Waals surface area contributed by atoms with Crippen LogP contribution in [0.1, 0.15) is 51.7 Å². The molecule has 1 N–H and O–H groups in total. The lowest BCUT2D eigenvalue weighted by Gasteiger charge is -2.27. The van der Waals surface area contributed by atoms with Crippen molar-refractivity contribution in [1.29, 1.82) is 0 Å². The first-order valence-electron chi connectivity index (χ1n) is 6.57. The third-order valence-corrected chi connectivity index (χ3v) is 3.43. The lowest BCUT2D eigenvalue weighted by atomic mass is 9.77. The highest BCUT2D eigenvalue weighted by Crippen LogP contribution is 2.40. The van der Waals surface area contributed by atoms with Gasteiger partial charge in [0.25, 0.3) is 0 Å². The van der Waals surface area contributed by atoms with Crippen LogP contribution in [0.15, 0.2) is 30.3 Å². The van der Waals surface area contributed by atoms with E-state index in [9.17, 15) is 5.11 Å². The Balaban J connectivity index is 2.93. The summed E-state index contributed by atoms with van der Waals surface area (Å²) < 4.78 is 0. The van der Waals surface area contributed by atoms with Crippen molar-refractivity contribution in [3.63, 3.8) is 0 Å². The maximum absolute atomic E-state index is 10.2. The number of fused-ring (bicyclic) bond motifs is 1. The topological polar surface area (TPSA) is 20.2 Å². The summed E-state index contributed by atoms with van der Waals surface area (Å²) in [5.41, 5.74) is 2.68. The molecule has 0 fully saturated rings. The number of hydrogen-bond donors (Lipinski definition) is 1. The van der Waals surface area contributed by atoms with Gasteiger partial charge in [0.2, 0.25) is 0 Å². The normalized spacial score (nSPS) is 12.3. The molecule has 0 bridgehead atoms. The van der Waals surface area contributed by atoms with Gasteiger partial charge in [0.15, 0.2) is 0 Å². The highest BCUT2D eigenvalue weighted by atomic mass is 16.3. The Morgan fingerprint density at radius 2 is 1.56 bits per heavy atom. The van der Waals surface area contributed by atoms with Crippen LogP contribution in [0.25, 0.3) is 10.8 Å². The van der Waals surface area contributed by atoms with Gasteiger partial charge in [-0.05, 0) is 33.9 Å². The van der Waals surface area contributed by atoms with E-state index in [1.54, 1.807) is 0 Å². The van der Waals surface area contributed by atoms with Gasteiger partial charge in [0.05, 0.1) is 0 Å². The SMILES string of the molecule is CC(C)c1cc(O)c2ccccc2c1C(C)(C)C. The van der Waals surface area contributed by atoms with Crippen LogP contribution in [0.4, 0.5) is 0 Å². The molecule has 0 saturated heterocycles. The van der Waals surface area contributed by atoms with E-state index in [0.29, 0.717) is 11.7 Å². The highest BCUT2D eigenvalue weighted by molar-refractivity contribution is 5.92. The summed E-state index contributed by atoms with van der Waals surface area (Å²) in [6.07, 6.45) is 0. The van der Waals surface area contributed by atoms with Crippen molar-refractivity contribution < 1.29 is 5.11 Å². The predicted molar refractivity (Wildman–Crippen MR) is 78.4 cm³/mol. The number of rotatable bonds is 1. The van der Waals surface area contributed by atoms with Crippen LogP contribution >= 0.6 is 0 Å². The second-order valence-electron chi connectivity index (χ2n) is 6.31. The fourth-order valence-electron chi connectivity index (χ4n) is 2.67. The van der Waals surface area contributed by atoms with Crippen molar-refractivity contribution in [3.05, 3.63) is 41.5 Å². The first-order chi connectivity index (χ1) is 8.32. The van der Waals surface area contributed by atoms with Gasteiger partial charge in [-0.3, -0.25) is 0 Å². The fourth-order valence-corrected chi connectivity index (χ4v) is 2.67. The Labute approximate surface area is 109 Å². The Bertz CT molecular complexity index is 574. The zero-order valence-corrected chi connectivity index (χ0v) is 11.9. The van der Waals surface area contributed by atoms with Gasteiger partial charge in [-0.25, -0.2) is 0 Å². The molecule has 96 valence electrons. The van der Waals surface area contributed by atoms with E-state index in [-0.39, 0.29) is 5.41 Å². The molecule has 0 unspecified atom stereocenters. The van der Waals surface area contributed by atoms with Crippen molar-refractivity contribution in [2.24, 2.45) is 0 Å². The van der Waals surface area contributed by atoms with Gasteiger partial charge in [0, 0.05) is 5.39 Å². The average molecular weight is 242 g/mol. The largest absolute Gasteiger partial charge is 0.507 e. The molecule has 0 aliphatic rings.